The van der Waals surface area contributed by atoms with Gasteiger partial charge in [0.2, 0.25) is 0 Å². The van der Waals surface area contributed by atoms with Crippen LogP contribution in [0.1, 0.15) is 123 Å². The number of hydrogen-bond donors (Lipinski definition) is 0. The summed E-state index contributed by atoms with van der Waals surface area (Å²) in [6.07, 6.45) is 9.39. The van der Waals surface area contributed by atoms with Gasteiger partial charge in [-0.3, -0.25) is 0 Å². The van der Waals surface area contributed by atoms with E-state index < -0.39 is 0 Å². The number of benzene rings is 8. The van der Waals surface area contributed by atoms with Crippen LogP contribution in [-0.2, 0) is 21.7 Å². The molecular weight excluding hydrogens is 897 g/mol. The third kappa shape index (κ3) is 7.00. The van der Waals surface area contributed by atoms with Crippen molar-refractivity contribution in [2.75, 3.05) is 9.80 Å². The van der Waals surface area contributed by atoms with Crippen LogP contribution in [0.25, 0.3) is 59.9 Å². The molecule has 4 nitrogen and oxygen atoms in total. The summed E-state index contributed by atoms with van der Waals surface area (Å²) in [5.41, 5.74) is 20.3. The van der Waals surface area contributed by atoms with Crippen molar-refractivity contribution >= 4 is 94.0 Å². The largest absolute Gasteiger partial charge is 0.332 e. The lowest BCUT2D eigenvalue weighted by atomic mass is 9.86. The Morgan fingerprint density at radius 2 is 0.784 bits per heavy atom. The molecule has 13 rings (SSSR count). The van der Waals surface area contributed by atoms with E-state index >= 15 is 0 Å². The number of fused-ring (bicyclic) bond motifs is 12. The minimum absolute atomic E-state index is 0.0490. The molecular formula is C70H68N4. The monoisotopic (exact) mass is 965 g/mol. The van der Waals surface area contributed by atoms with Gasteiger partial charge in [-0.05, 0) is 123 Å². The van der Waals surface area contributed by atoms with E-state index in [-0.39, 0.29) is 33.6 Å². The summed E-state index contributed by atoms with van der Waals surface area (Å²) in [4.78, 5) is 5.00. The van der Waals surface area contributed by atoms with Crippen LogP contribution in [0, 0.1) is 0 Å². The quantitative estimate of drug-likeness (QED) is 0.165. The Morgan fingerprint density at radius 3 is 1.28 bits per heavy atom. The summed E-state index contributed by atoms with van der Waals surface area (Å²) in [6.45, 7) is 27.5. The van der Waals surface area contributed by atoms with Gasteiger partial charge in [-0.15, -0.1) is 0 Å². The van der Waals surface area contributed by atoms with Crippen molar-refractivity contribution < 1.29 is 0 Å². The van der Waals surface area contributed by atoms with Crippen LogP contribution in [0.5, 0.6) is 0 Å². The summed E-state index contributed by atoms with van der Waals surface area (Å²) in [6, 6.07) is 61.0. The molecule has 0 spiro atoms. The summed E-state index contributed by atoms with van der Waals surface area (Å²) < 4.78 is 5.25. The third-order valence-electron chi connectivity index (χ3n) is 16.6. The minimum Gasteiger partial charge on any atom is -0.332 e. The van der Waals surface area contributed by atoms with Crippen molar-refractivity contribution in [1.29, 1.82) is 0 Å². The normalized spacial score (nSPS) is 16.0. The lowest BCUT2D eigenvalue weighted by molar-refractivity contribution is 0.590. The first-order chi connectivity index (χ1) is 35.3. The molecule has 2 aliphatic rings. The van der Waals surface area contributed by atoms with Gasteiger partial charge in [0.15, 0.2) is 0 Å². The molecule has 3 aromatic heterocycles. The molecule has 74 heavy (non-hydrogen) atoms. The molecule has 0 N–H and O–H groups in total. The molecule has 368 valence electrons. The molecule has 11 aromatic rings. The molecule has 2 unspecified atom stereocenters. The Hall–Kier alpha value is -7.56. The van der Waals surface area contributed by atoms with E-state index in [0.29, 0.717) is 0 Å². The highest BCUT2D eigenvalue weighted by Gasteiger charge is 2.39. The standard InChI is InChI=1S/C70H68N4/c1-67(2,3)43-21-29-47(30-22-43)71(48-31-23-44(24-32-48)68(4,5)6)59-39-37-51-55-41-62-56(42-61(55)73-57-19-15-13-17-53(57)63(59)65(51)73)52-38-40-60(64-54-18-14-16-20-58(54)74(62)66(52)64)72(49-33-25-45(26-34-49)69(7,8)9)50-35-27-46(28-36-50)70(10,11)12/h13-42,53,57H,1-12H3. The fourth-order valence-electron chi connectivity index (χ4n) is 12.6. The smallest absolute Gasteiger partial charge is 0.0641 e. The van der Waals surface area contributed by atoms with Crippen LogP contribution in [0.3, 0.4) is 0 Å². The fraction of sp³-hybridized carbons (Fsp3) is 0.257. The highest BCUT2D eigenvalue weighted by molar-refractivity contribution is 6.29. The second-order valence-electron chi connectivity index (χ2n) is 25.5. The molecule has 0 saturated heterocycles. The van der Waals surface area contributed by atoms with Crippen LogP contribution in [0.2, 0.25) is 0 Å². The molecule has 1 aliphatic heterocycles. The molecule has 0 fully saturated rings. The first kappa shape index (κ1) is 46.2. The Bertz CT molecular complexity index is 3960. The van der Waals surface area contributed by atoms with E-state index in [1.54, 1.807) is 0 Å². The van der Waals surface area contributed by atoms with Gasteiger partial charge in [-0.1, -0.05) is 186 Å². The summed E-state index contributed by atoms with van der Waals surface area (Å²) in [7, 11) is 0. The summed E-state index contributed by atoms with van der Waals surface area (Å²) in [5, 5.41) is 7.69. The van der Waals surface area contributed by atoms with Gasteiger partial charge in [-0.25, -0.2) is 0 Å². The van der Waals surface area contributed by atoms with Crippen molar-refractivity contribution in [2.24, 2.45) is 0 Å². The van der Waals surface area contributed by atoms with Crippen molar-refractivity contribution in [3.8, 4) is 0 Å². The van der Waals surface area contributed by atoms with Gasteiger partial charge in [0, 0.05) is 66.5 Å². The van der Waals surface area contributed by atoms with Crippen LogP contribution >= 0.6 is 0 Å². The van der Waals surface area contributed by atoms with Crippen molar-refractivity contribution in [1.82, 2.24) is 8.97 Å². The second-order valence-corrected chi connectivity index (χ2v) is 25.5. The van der Waals surface area contributed by atoms with Gasteiger partial charge in [-0.2, -0.15) is 0 Å². The molecule has 0 bridgehead atoms. The van der Waals surface area contributed by atoms with E-state index in [1.807, 2.05) is 0 Å². The number of nitrogens with zero attached hydrogens (tertiary/aromatic N) is 4. The van der Waals surface area contributed by atoms with E-state index in [4.69, 9.17) is 0 Å². The Balaban J connectivity index is 1.05. The molecule has 0 radical (unpaired) electrons. The van der Waals surface area contributed by atoms with Crippen molar-refractivity contribution in [2.45, 2.75) is 117 Å². The van der Waals surface area contributed by atoms with E-state index in [2.05, 4.69) is 284 Å². The number of rotatable bonds is 6. The predicted molar refractivity (Wildman–Crippen MR) is 318 cm³/mol. The minimum atomic E-state index is 0.0490. The zero-order valence-electron chi connectivity index (χ0n) is 45.3. The van der Waals surface area contributed by atoms with Gasteiger partial charge in [0.25, 0.3) is 0 Å². The highest BCUT2D eigenvalue weighted by atomic mass is 15.2. The predicted octanol–water partition coefficient (Wildman–Crippen LogP) is 19.8. The zero-order chi connectivity index (χ0) is 51.4. The first-order valence-corrected chi connectivity index (χ1v) is 26.8. The summed E-state index contributed by atoms with van der Waals surface area (Å²) in [5.74, 6) is 0.182. The number of anilines is 6. The number of para-hydroxylation sites is 1. The van der Waals surface area contributed by atoms with Gasteiger partial charge >= 0.3 is 0 Å². The van der Waals surface area contributed by atoms with E-state index in [1.165, 1.54) is 110 Å². The summed E-state index contributed by atoms with van der Waals surface area (Å²) >= 11 is 0. The average Bonchev–Trinajstić information content (AvgIpc) is 4.10. The molecule has 4 heteroatoms. The van der Waals surface area contributed by atoms with Gasteiger partial charge in [0.05, 0.1) is 45.0 Å². The van der Waals surface area contributed by atoms with Crippen LogP contribution < -0.4 is 9.80 Å². The molecule has 0 saturated carbocycles. The third-order valence-corrected chi connectivity index (χ3v) is 16.6. The molecule has 0 amide bonds. The maximum absolute atomic E-state index is 2.68. The van der Waals surface area contributed by atoms with E-state index in [0.717, 1.165) is 11.4 Å². The lowest BCUT2D eigenvalue weighted by Crippen LogP contribution is -2.16. The average molecular weight is 965 g/mol. The van der Waals surface area contributed by atoms with Crippen LogP contribution in [-0.4, -0.2) is 8.97 Å². The molecule has 8 aromatic carbocycles. The lowest BCUT2D eigenvalue weighted by Gasteiger charge is -2.31. The molecule has 4 heterocycles. The number of aromatic nitrogens is 2. The van der Waals surface area contributed by atoms with Gasteiger partial charge in [0.1, 0.15) is 0 Å². The highest BCUT2D eigenvalue weighted by Crippen LogP contribution is 2.56. The number of hydrogen-bond acceptors (Lipinski definition) is 2. The van der Waals surface area contributed by atoms with Crippen LogP contribution in [0.15, 0.2) is 182 Å². The maximum atomic E-state index is 2.68. The van der Waals surface area contributed by atoms with Crippen molar-refractivity contribution in [3.63, 3.8) is 0 Å². The van der Waals surface area contributed by atoms with Gasteiger partial charge < -0.3 is 18.8 Å². The fourth-order valence-corrected chi connectivity index (χ4v) is 12.6. The van der Waals surface area contributed by atoms with E-state index in [9.17, 15) is 0 Å². The Kier molecular flexibility index (Phi) is 9.98. The van der Waals surface area contributed by atoms with Crippen LogP contribution in [0.4, 0.5) is 34.1 Å². The molecule has 1 aliphatic carbocycles. The topological polar surface area (TPSA) is 15.8 Å². The SMILES string of the molecule is CC(C)(C)c1ccc(N(c2ccc(C(C)(C)C)cc2)c2ccc3c4cc5c(cc4n4c3c2C2C=CC=CC24)c2ccc(N(c3ccc(C(C)(C)C)cc3)c3ccc(C(C)(C)C)cc3)c3c4ccccc4n5c23)cc1. The Morgan fingerprint density at radius 1 is 0.365 bits per heavy atom. The van der Waals surface area contributed by atoms with Crippen molar-refractivity contribution in [3.05, 3.63) is 210 Å². The molecule has 2 atom stereocenters. The first-order valence-electron chi connectivity index (χ1n) is 26.8. The maximum Gasteiger partial charge on any atom is 0.0641 e. The second kappa shape index (κ2) is 16.0. The zero-order valence-corrected chi connectivity index (χ0v) is 45.3. The number of allylic oxidation sites excluding steroid dienone is 4. The Labute approximate surface area is 437 Å².